The summed E-state index contributed by atoms with van der Waals surface area (Å²) in [5.74, 6) is 0. The highest BCUT2D eigenvalue weighted by Gasteiger charge is 2.54. The number of hydrogen-bond donors (Lipinski definition) is 1. The second kappa shape index (κ2) is 10.5. The largest absolute Gasteiger partial charge is 0.413 e. The van der Waals surface area contributed by atoms with Crippen molar-refractivity contribution in [2.75, 3.05) is 13.2 Å². The molecule has 0 aliphatic carbocycles. The molecule has 1 aliphatic heterocycles. The van der Waals surface area contributed by atoms with E-state index in [0.29, 0.717) is 29.8 Å². The maximum absolute atomic E-state index is 9.51. The molecule has 0 amide bonds. The Morgan fingerprint density at radius 3 is 2.10 bits per heavy atom. The van der Waals surface area contributed by atoms with E-state index in [1.807, 2.05) is 18.2 Å². The molecule has 0 spiro atoms. The van der Waals surface area contributed by atoms with E-state index in [4.69, 9.17) is 13.9 Å². The minimum absolute atomic E-state index is 0.0629. The first-order chi connectivity index (χ1) is 13.7. The number of ether oxygens (including phenoxy) is 2. The van der Waals surface area contributed by atoms with Crippen molar-refractivity contribution in [1.82, 2.24) is 0 Å². The molecule has 1 aromatic carbocycles. The Balaban J connectivity index is 2.05. The summed E-state index contributed by atoms with van der Waals surface area (Å²) in [6.45, 7) is 17.4. The van der Waals surface area contributed by atoms with Crippen LogP contribution in [0.4, 0.5) is 0 Å². The van der Waals surface area contributed by atoms with Gasteiger partial charge in [0.25, 0.3) is 0 Å². The van der Waals surface area contributed by atoms with E-state index in [-0.39, 0.29) is 24.4 Å². The molecule has 166 valence electrons. The number of hydrogen-bond acceptors (Lipinski definition) is 4. The van der Waals surface area contributed by atoms with Gasteiger partial charge in [-0.2, -0.15) is 0 Å². The van der Waals surface area contributed by atoms with Crippen molar-refractivity contribution in [2.45, 2.75) is 102 Å². The van der Waals surface area contributed by atoms with Gasteiger partial charge < -0.3 is 19.0 Å². The maximum atomic E-state index is 9.51. The molecule has 0 aromatic heterocycles. The van der Waals surface area contributed by atoms with Crippen LogP contribution in [0.25, 0.3) is 0 Å². The molecule has 0 bridgehead atoms. The van der Waals surface area contributed by atoms with Gasteiger partial charge in [0.1, 0.15) is 6.10 Å². The summed E-state index contributed by atoms with van der Waals surface area (Å²) < 4.78 is 18.9. The van der Waals surface area contributed by atoms with Crippen LogP contribution in [0.3, 0.4) is 0 Å². The van der Waals surface area contributed by atoms with E-state index in [1.165, 1.54) is 5.56 Å². The normalized spacial score (nSPS) is 23.2. The molecular formula is C24H42O4Si. The zero-order valence-corrected chi connectivity index (χ0v) is 20.5. The molecule has 1 aromatic rings. The molecule has 3 atom stereocenters. The highest BCUT2D eigenvalue weighted by molar-refractivity contribution is 6.77. The maximum Gasteiger partial charge on any atom is 0.200 e. The molecule has 29 heavy (non-hydrogen) atoms. The topological polar surface area (TPSA) is 51.2 Å². The van der Waals surface area contributed by atoms with Crippen LogP contribution in [0.2, 0.25) is 16.6 Å². The first-order valence-corrected chi connectivity index (χ1v) is 13.4. The van der Waals surface area contributed by atoms with Crippen molar-refractivity contribution in [3.63, 3.8) is 0 Å². The van der Waals surface area contributed by atoms with Crippen molar-refractivity contribution in [1.29, 1.82) is 0 Å². The van der Waals surface area contributed by atoms with Crippen LogP contribution in [0, 0.1) is 0 Å². The molecule has 0 radical (unpaired) electrons. The average molecular weight is 423 g/mol. The summed E-state index contributed by atoms with van der Waals surface area (Å²) in [5.41, 5.74) is 2.53. The Morgan fingerprint density at radius 2 is 1.62 bits per heavy atom. The van der Waals surface area contributed by atoms with Crippen LogP contribution in [-0.4, -0.2) is 44.4 Å². The van der Waals surface area contributed by atoms with E-state index in [0.717, 1.165) is 12.8 Å². The first kappa shape index (κ1) is 24.5. The molecule has 2 rings (SSSR count). The Labute approximate surface area is 179 Å². The standard InChI is InChI=1S/C24H42O4Si/c1-18(2)29(19(3)4,20(5)6)28-22(15-24(7)23(16-25)27-24)13-14-26-17-21-11-9-8-10-12-21/h8-12,18-20,22-23,25H,13-17H2,1-7H3/t22-,23-,24-/m1/s1. The summed E-state index contributed by atoms with van der Waals surface area (Å²) in [4.78, 5) is 0. The van der Waals surface area contributed by atoms with Gasteiger partial charge in [-0.05, 0) is 35.5 Å². The Bertz CT molecular complexity index is 582. The van der Waals surface area contributed by atoms with E-state index in [9.17, 15) is 5.11 Å². The fourth-order valence-corrected chi connectivity index (χ4v) is 10.6. The summed E-state index contributed by atoms with van der Waals surface area (Å²) >= 11 is 0. The third-order valence-electron chi connectivity index (χ3n) is 6.61. The van der Waals surface area contributed by atoms with Crippen molar-refractivity contribution >= 4 is 8.32 Å². The smallest absolute Gasteiger partial charge is 0.200 e. The van der Waals surface area contributed by atoms with Gasteiger partial charge in [-0.1, -0.05) is 71.9 Å². The molecule has 1 saturated heterocycles. The molecule has 1 aliphatic rings. The second-order valence-electron chi connectivity index (χ2n) is 9.69. The van der Waals surface area contributed by atoms with Gasteiger partial charge in [-0.15, -0.1) is 0 Å². The van der Waals surface area contributed by atoms with Gasteiger partial charge in [0.15, 0.2) is 0 Å². The highest BCUT2D eigenvalue weighted by Crippen LogP contribution is 2.46. The van der Waals surface area contributed by atoms with Crippen molar-refractivity contribution in [3.05, 3.63) is 35.9 Å². The van der Waals surface area contributed by atoms with Gasteiger partial charge in [0, 0.05) is 13.0 Å². The van der Waals surface area contributed by atoms with Crippen molar-refractivity contribution < 1.29 is 19.0 Å². The molecule has 1 N–H and O–H groups in total. The summed E-state index contributed by atoms with van der Waals surface area (Å²) in [7, 11) is -1.99. The lowest BCUT2D eigenvalue weighted by Gasteiger charge is -2.45. The van der Waals surface area contributed by atoms with Gasteiger partial charge in [0.2, 0.25) is 8.32 Å². The van der Waals surface area contributed by atoms with E-state index in [2.05, 4.69) is 60.6 Å². The lowest BCUT2D eigenvalue weighted by atomic mass is 9.98. The van der Waals surface area contributed by atoms with Crippen LogP contribution in [0.1, 0.15) is 66.9 Å². The zero-order chi connectivity index (χ0) is 21.7. The number of aliphatic hydroxyl groups is 1. The average Bonchev–Trinajstić information content (AvgIpc) is 3.32. The molecule has 0 saturated carbocycles. The number of aliphatic hydroxyl groups excluding tert-OH is 1. The van der Waals surface area contributed by atoms with Crippen molar-refractivity contribution in [3.8, 4) is 0 Å². The summed E-state index contributed by atoms with van der Waals surface area (Å²) in [5, 5.41) is 9.51. The van der Waals surface area contributed by atoms with Gasteiger partial charge in [-0.3, -0.25) is 0 Å². The monoisotopic (exact) mass is 422 g/mol. The lowest BCUT2D eigenvalue weighted by Crippen LogP contribution is -2.51. The van der Waals surface area contributed by atoms with Gasteiger partial charge in [0.05, 0.1) is 24.9 Å². The molecule has 4 nitrogen and oxygen atoms in total. The fourth-order valence-electron chi connectivity index (χ4n) is 5.03. The third-order valence-corrected chi connectivity index (χ3v) is 12.8. The SMILES string of the molecule is CC(C)[Si](O[C@H](CCOCc1ccccc1)C[C@@]1(C)O[C@@H]1CO)(C(C)C)C(C)C. The first-order valence-electron chi connectivity index (χ1n) is 11.2. The minimum Gasteiger partial charge on any atom is -0.413 e. The second-order valence-corrected chi connectivity index (χ2v) is 15.1. The number of benzene rings is 1. The Hall–Kier alpha value is -0.723. The number of epoxide rings is 1. The van der Waals surface area contributed by atoms with E-state index in [1.54, 1.807) is 0 Å². The van der Waals surface area contributed by atoms with Crippen LogP contribution < -0.4 is 0 Å². The third kappa shape index (κ3) is 6.14. The van der Waals surface area contributed by atoms with E-state index >= 15 is 0 Å². The van der Waals surface area contributed by atoms with Crippen LogP contribution >= 0.6 is 0 Å². The predicted octanol–water partition coefficient (Wildman–Crippen LogP) is 5.69. The molecular weight excluding hydrogens is 380 g/mol. The Kier molecular flexibility index (Phi) is 8.92. The van der Waals surface area contributed by atoms with E-state index < -0.39 is 8.32 Å². The molecule has 1 heterocycles. The zero-order valence-electron chi connectivity index (χ0n) is 19.5. The van der Waals surface area contributed by atoms with Crippen molar-refractivity contribution in [2.24, 2.45) is 0 Å². The van der Waals surface area contributed by atoms with Crippen LogP contribution in [-0.2, 0) is 20.5 Å². The lowest BCUT2D eigenvalue weighted by molar-refractivity contribution is 0.0623. The minimum atomic E-state index is -1.99. The quantitative estimate of drug-likeness (QED) is 0.252. The molecule has 5 heteroatoms. The highest BCUT2D eigenvalue weighted by atomic mass is 28.4. The molecule has 1 fully saturated rings. The number of rotatable bonds is 13. The summed E-state index contributed by atoms with van der Waals surface area (Å²) in [6.07, 6.45) is 1.69. The fraction of sp³-hybridized carbons (Fsp3) is 0.750. The van der Waals surface area contributed by atoms with Crippen LogP contribution in [0.5, 0.6) is 0 Å². The Morgan fingerprint density at radius 1 is 1.03 bits per heavy atom. The predicted molar refractivity (Wildman–Crippen MR) is 122 cm³/mol. The molecule has 0 unspecified atom stereocenters. The van der Waals surface area contributed by atoms with Gasteiger partial charge >= 0.3 is 0 Å². The van der Waals surface area contributed by atoms with Gasteiger partial charge in [-0.25, -0.2) is 0 Å². The summed E-state index contributed by atoms with van der Waals surface area (Å²) in [6, 6.07) is 10.3. The van der Waals surface area contributed by atoms with Crippen LogP contribution in [0.15, 0.2) is 30.3 Å².